The average Bonchev–Trinajstić information content (AvgIpc) is 2.45. The number of methoxy groups -OCH3 is 1. The van der Waals surface area contributed by atoms with Crippen molar-refractivity contribution in [3.05, 3.63) is 35.4 Å². The van der Waals surface area contributed by atoms with Crippen LogP contribution in [0.4, 0.5) is 13.6 Å². The van der Waals surface area contributed by atoms with E-state index in [0.717, 1.165) is 12.1 Å². The van der Waals surface area contributed by atoms with Crippen LogP contribution in [0.3, 0.4) is 0 Å². The van der Waals surface area contributed by atoms with Gasteiger partial charge >= 0.3 is 6.03 Å². The third-order valence-electron chi connectivity index (χ3n) is 3.08. The fourth-order valence-corrected chi connectivity index (χ4v) is 2.05. The Morgan fingerprint density at radius 2 is 2.14 bits per heavy atom. The van der Waals surface area contributed by atoms with Gasteiger partial charge in [-0.05, 0) is 12.5 Å². The highest BCUT2D eigenvalue weighted by Crippen LogP contribution is 2.22. The molecule has 2 amide bonds. The van der Waals surface area contributed by atoms with Crippen molar-refractivity contribution in [1.82, 2.24) is 10.6 Å². The normalized spacial score (nSPS) is 13.5. The fourth-order valence-electron chi connectivity index (χ4n) is 2.05. The zero-order chi connectivity index (χ0) is 16.5. The number of hydrogen-bond acceptors (Lipinski definition) is 3. The Balaban J connectivity index is 2.65. The molecule has 0 radical (unpaired) electrons. The van der Waals surface area contributed by atoms with Gasteiger partial charge in [-0.1, -0.05) is 19.4 Å². The molecule has 0 bridgehead atoms. The fraction of sp³-hybridized carbons (Fsp3) is 0.533. The Kier molecular flexibility index (Phi) is 7.76. The summed E-state index contributed by atoms with van der Waals surface area (Å²) in [7, 11) is 1.44. The summed E-state index contributed by atoms with van der Waals surface area (Å²) in [6.07, 6.45) is 0.410. The van der Waals surface area contributed by atoms with E-state index < -0.39 is 29.8 Å². The van der Waals surface area contributed by atoms with Gasteiger partial charge in [0.1, 0.15) is 11.6 Å². The number of nitrogens with one attached hydrogen (secondary N) is 2. The second kappa shape index (κ2) is 9.32. The number of halogens is 2. The maximum absolute atomic E-state index is 13.8. The van der Waals surface area contributed by atoms with Gasteiger partial charge in [0.05, 0.1) is 18.8 Å². The molecular weight excluding hydrogens is 294 g/mol. The molecule has 0 fully saturated rings. The molecule has 0 aromatic heterocycles. The Bertz CT molecular complexity index is 486. The summed E-state index contributed by atoms with van der Waals surface area (Å²) in [5, 5.41) is 14.6. The summed E-state index contributed by atoms with van der Waals surface area (Å²) in [6, 6.07) is 2.18. The number of hydrogen-bond donors (Lipinski definition) is 3. The van der Waals surface area contributed by atoms with Gasteiger partial charge in [0.25, 0.3) is 0 Å². The molecule has 0 aliphatic heterocycles. The number of aliphatic hydroxyl groups excluding tert-OH is 1. The van der Waals surface area contributed by atoms with Crippen LogP contribution < -0.4 is 10.6 Å². The SMILES string of the molecule is CCCC(NC(=O)NCC(O)COC)c1ccc(F)cc1F. The highest BCUT2D eigenvalue weighted by Gasteiger charge is 2.18. The summed E-state index contributed by atoms with van der Waals surface area (Å²) >= 11 is 0. The van der Waals surface area contributed by atoms with E-state index in [2.05, 4.69) is 10.6 Å². The first kappa shape index (κ1) is 18.3. The van der Waals surface area contributed by atoms with Gasteiger partial charge in [0.15, 0.2) is 0 Å². The zero-order valence-corrected chi connectivity index (χ0v) is 12.7. The predicted molar refractivity (Wildman–Crippen MR) is 78.4 cm³/mol. The summed E-state index contributed by atoms with van der Waals surface area (Å²) in [6.45, 7) is 2.02. The maximum Gasteiger partial charge on any atom is 0.315 e. The van der Waals surface area contributed by atoms with Gasteiger partial charge in [0.2, 0.25) is 0 Å². The lowest BCUT2D eigenvalue weighted by molar-refractivity contribution is 0.0659. The van der Waals surface area contributed by atoms with Crippen molar-refractivity contribution in [2.24, 2.45) is 0 Å². The summed E-state index contributed by atoms with van der Waals surface area (Å²) in [4.78, 5) is 11.8. The van der Waals surface area contributed by atoms with Crippen LogP contribution in [0.1, 0.15) is 31.4 Å². The number of rotatable bonds is 8. The average molecular weight is 316 g/mol. The molecule has 124 valence electrons. The van der Waals surface area contributed by atoms with Crippen LogP contribution in [0.15, 0.2) is 18.2 Å². The highest BCUT2D eigenvalue weighted by molar-refractivity contribution is 5.74. The van der Waals surface area contributed by atoms with Crippen LogP contribution >= 0.6 is 0 Å². The quantitative estimate of drug-likeness (QED) is 0.688. The molecule has 0 saturated heterocycles. The molecule has 3 N–H and O–H groups in total. The third-order valence-corrected chi connectivity index (χ3v) is 3.08. The largest absolute Gasteiger partial charge is 0.389 e. The first-order valence-corrected chi connectivity index (χ1v) is 7.14. The summed E-state index contributed by atoms with van der Waals surface area (Å²) in [5.41, 5.74) is 0.232. The van der Waals surface area contributed by atoms with E-state index in [9.17, 15) is 18.7 Å². The molecule has 5 nitrogen and oxygen atoms in total. The molecule has 7 heteroatoms. The molecular formula is C15H22F2N2O3. The number of ether oxygens (including phenoxy) is 1. The zero-order valence-electron chi connectivity index (χ0n) is 12.7. The maximum atomic E-state index is 13.8. The lowest BCUT2D eigenvalue weighted by Crippen LogP contribution is -2.42. The smallest absolute Gasteiger partial charge is 0.315 e. The summed E-state index contributed by atoms with van der Waals surface area (Å²) in [5.74, 6) is -1.36. The number of carbonyl (C=O) groups excluding carboxylic acids is 1. The minimum Gasteiger partial charge on any atom is -0.389 e. The van der Waals surface area contributed by atoms with Crippen molar-refractivity contribution in [2.45, 2.75) is 31.9 Å². The van der Waals surface area contributed by atoms with E-state index in [1.165, 1.54) is 13.2 Å². The standard InChI is InChI=1S/C15H22F2N2O3/c1-3-4-14(12-6-5-10(16)7-13(12)17)19-15(21)18-8-11(20)9-22-2/h5-7,11,14,20H,3-4,8-9H2,1-2H3,(H2,18,19,21). The molecule has 0 aliphatic carbocycles. The van der Waals surface area contributed by atoms with Gasteiger partial charge in [-0.3, -0.25) is 0 Å². The predicted octanol–water partition coefficient (Wildman–Crippen LogP) is 2.11. The van der Waals surface area contributed by atoms with Crippen LogP contribution in [-0.4, -0.2) is 37.5 Å². The van der Waals surface area contributed by atoms with E-state index in [4.69, 9.17) is 4.74 Å². The molecule has 1 rings (SSSR count). The number of urea groups is 1. The van der Waals surface area contributed by atoms with Gasteiger partial charge in [-0.2, -0.15) is 0 Å². The van der Waals surface area contributed by atoms with Gasteiger partial charge in [0, 0.05) is 25.3 Å². The highest BCUT2D eigenvalue weighted by atomic mass is 19.1. The van der Waals surface area contributed by atoms with Crippen molar-refractivity contribution in [2.75, 3.05) is 20.3 Å². The minimum absolute atomic E-state index is 0.0183. The van der Waals surface area contributed by atoms with E-state index in [0.29, 0.717) is 12.8 Å². The second-order valence-corrected chi connectivity index (χ2v) is 4.97. The van der Waals surface area contributed by atoms with Crippen LogP contribution in [0.2, 0.25) is 0 Å². The first-order valence-electron chi connectivity index (χ1n) is 7.14. The lowest BCUT2D eigenvalue weighted by atomic mass is 10.0. The monoisotopic (exact) mass is 316 g/mol. The topological polar surface area (TPSA) is 70.6 Å². The van der Waals surface area contributed by atoms with Crippen LogP contribution in [0.5, 0.6) is 0 Å². The molecule has 2 atom stereocenters. The molecule has 22 heavy (non-hydrogen) atoms. The van der Waals surface area contributed by atoms with Crippen LogP contribution in [0.25, 0.3) is 0 Å². The number of amides is 2. The Morgan fingerprint density at radius 1 is 1.41 bits per heavy atom. The van der Waals surface area contributed by atoms with Crippen molar-refractivity contribution >= 4 is 6.03 Å². The Labute approximate surface area is 128 Å². The van der Waals surface area contributed by atoms with Crippen molar-refractivity contribution in [3.63, 3.8) is 0 Å². The van der Waals surface area contributed by atoms with Crippen LogP contribution in [0, 0.1) is 11.6 Å². The minimum atomic E-state index is -0.817. The molecule has 1 aromatic carbocycles. The van der Waals surface area contributed by atoms with Crippen molar-refractivity contribution in [1.29, 1.82) is 0 Å². The Morgan fingerprint density at radius 3 is 2.73 bits per heavy atom. The number of carbonyl (C=O) groups is 1. The van der Waals surface area contributed by atoms with Gasteiger partial charge in [-0.15, -0.1) is 0 Å². The van der Waals surface area contributed by atoms with Gasteiger partial charge < -0.3 is 20.5 Å². The van der Waals surface area contributed by atoms with Gasteiger partial charge in [-0.25, -0.2) is 13.6 Å². The number of benzene rings is 1. The molecule has 0 spiro atoms. The van der Waals surface area contributed by atoms with E-state index >= 15 is 0 Å². The lowest BCUT2D eigenvalue weighted by Gasteiger charge is -2.20. The molecule has 1 aromatic rings. The molecule has 0 heterocycles. The van der Waals surface area contributed by atoms with E-state index in [-0.39, 0.29) is 18.7 Å². The van der Waals surface area contributed by atoms with E-state index in [1.807, 2.05) is 6.92 Å². The first-order chi connectivity index (χ1) is 10.5. The number of aliphatic hydroxyl groups is 1. The molecule has 0 saturated carbocycles. The second-order valence-electron chi connectivity index (χ2n) is 4.97. The van der Waals surface area contributed by atoms with Crippen molar-refractivity contribution < 1.29 is 23.4 Å². The summed E-state index contributed by atoms with van der Waals surface area (Å²) < 4.78 is 31.5. The Hall–Kier alpha value is -1.73. The molecule has 2 unspecified atom stereocenters. The van der Waals surface area contributed by atoms with E-state index in [1.54, 1.807) is 0 Å². The van der Waals surface area contributed by atoms with Crippen LogP contribution in [-0.2, 0) is 4.74 Å². The third kappa shape index (κ3) is 5.95. The van der Waals surface area contributed by atoms with Crippen molar-refractivity contribution in [3.8, 4) is 0 Å². The molecule has 0 aliphatic rings.